The first-order valence-corrected chi connectivity index (χ1v) is 5.70. The lowest BCUT2D eigenvalue weighted by molar-refractivity contribution is -0.116. The molecule has 0 saturated heterocycles. The predicted octanol–water partition coefficient (Wildman–Crippen LogP) is 3.21. The van der Waals surface area contributed by atoms with E-state index in [1.807, 2.05) is 24.3 Å². The number of rotatable bonds is 6. The molecule has 0 aliphatic rings. The average molecular weight is 221 g/mol. The molecule has 88 valence electrons. The van der Waals surface area contributed by atoms with E-state index in [0.29, 0.717) is 6.42 Å². The van der Waals surface area contributed by atoms with Crippen LogP contribution in [-0.4, -0.2) is 13.0 Å². The van der Waals surface area contributed by atoms with Gasteiger partial charge in [0.05, 0.1) is 7.11 Å². The molecule has 1 N–H and O–H groups in total. The summed E-state index contributed by atoms with van der Waals surface area (Å²) in [6.07, 6.45) is 3.77. The van der Waals surface area contributed by atoms with Crippen LogP contribution in [-0.2, 0) is 4.79 Å². The fourth-order valence-corrected chi connectivity index (χ4v) is 1.46. The number of amides is 1. The second-order valence-corrected chi connectivity index (χ2v) is 3.74. The maximum absolute atomic E-state index is 11.5. The van der Waals surface area contributed by atoms with Gasteiger partial charge in [0.2, 0.25) is 5.91 Å². The fraction of sp³-hybridized carbons (Fsp3) is 0.462. The lowest BCUT2D eigenvalue weighted by Crippen LogP contribution is -2.10. The van der Waals surface area contributed by atoms with Gasteiger partial charge in [0.1, 0.15) is 5.75 Å². The Balaban J connectivity index is 2.43. The second-order valence-electron chi connectivity index (χ2n) is 3.74. The van der Waals surface area contributed by atoms with Crippen molar-refractivity contribution in [2.24, 2.45) is 0 Å². The van der Waals surface area contributed by atoms with Crippen molar-refractivity contribution >= 4 is 11.6 Å². The molecule has 0 radical (unpaired) electrons. The van der Waals surface area contributed by atoms with Crippen molar-refractivity contribution in [3.05, 3.63) is 24.3 Å². The van der Waals surface area contributed by atoms with Gasteiger partial charge in [-0.15, -0.1) is 0 Å². The summed E-state index contributed by atoms with van der Waals surface area (Å²) in [5.74, 6) is 0.827. The number of carbonyl (C=O) groups is 1. The van der Waals surface area contributed by atoms with Gasteiger partial charge in [0.15, 0.2) is 0 Å². The first-order valence-electron chi connectivity index (χ1n) is 5.70. The zero-order valence-corrected chi connectivity index (χ0v) is 9.95. The number of nitrogens with one attached hydrogen (secondary N) is 1. The van der Waals surface area contributed by atoms with Crippen molar-refractivity contribution in [2.45, 2.75) is 32.6 Å². The number of carbonyl (C=O) groups excluding carboxylic acids is 1. The van der Waals surface area contributed by atoms with Gasteiger partial charge in [0.25, 0.3) is 0 Å². The van der Waals surface area contributed by atoms with E-state index < -0.39 is 0 Å². The Hall–Kier alpha value is -1.51. The monoisotopic (exact) mass is 221 g/mol. The minimum absolute atomic E-state index is 0.0710. The van der Waals surface area contributed by atoms with Crippen LogP contribution in [0, 0.1) is 0 Å². The third-order valence-corrected chi connectivity index (χ3v) is 2.36. The standard InChI is InChI=1S/C13H19NO2/c1-3-4-5-9-13(15)14-11-7-6-8-12(10-11)16-2/h6-8,10H,3-5,9H2,1-2H3,(H,14,15). The van der Waals surface area contributed by atoms with Gasteiger partial charge in [-0.3, -0.25) is 4.79 Å². The highest BCUT2D eigenvalue weighted by Gasteiger charge is 2.02. The topological polar surface area (TPSA) is 38.3 Å². The molecule has 0 saturated carbocycles. The van der Waals surface area contributed by atoms with E-state index in [4.69, 9.17) is 4.74 Å². The van der Waals surface area contributed by atoms with E-state index in [-0.39, 0.29) is 5.91 Å². The van der Waals surface area contributed by atoms with E-state index in [0.717, 1.165) is 30.7 Å². The van der Waals surface area contributed by atoms with Crippen molar-refractivity contribution in [2.75, 3.05) is 12.4 Å². The summed E-state index contributed by atoms with van der Waals surface area (Å²) in [7, 11) is 1.61. The molecule has 0 unspecified atom stereocenters. The Labute approximate surface area is 96.8 Å². The number of hydrogen-bond donors (Lipinski definition) is 1. The van der Waals surface area contributed by atoms with Crippen LogP contribution in [0.25, 0.3) is 0 Å². The molecule has 0 atom stereocenters. The number of hydrogen-bond acceptors (Lipinski definition) is 2. The van der Waals surface area contributed by atoms with Gasteiger partial charge in [-0.05, 0) is 18.6 Å². The smallest absolute Gasteiger partial charge is 0.224 e. The van der Waals surface area contributed by atoms with Gasteiger partial charge < -0.3 is 10.1 Å². The lowest BCUT2D eigenvalue weighted by Gasteiger charge is -2.06. The molecule has 1 aromatic carbocycles. The SMILES string of the molecule is CCCCCC(=O)Nc1cccc(OC)c1. The largest absolute Gasteiger partial charge is 0.497 e. The number of ether oxygens (including phenoxy) is 1. The van der Waals surface area contributed by atoms with Gasteiger partial charge in [0, 0.05) is 18.2 Å². The fourth-order valence-electron chi connectivity index (χ4n) is 1.46. The maximum Gasteiger partial charge on any atom is 0.224 e. The summed E-state index contributed by atoms with van der Waals surface area (Å²) in [5, 5.41) is 2.86. The summed E-state index contributed by atoms with van der Waals surface area (Å²) < 4.78 is 5.08. The Bertz CT molecular complexity index is 336. The summed E-state index contributed by atoms with van der Waals surface area (Å²) in [4.78, 5) is 11.5. The quantitative estimate of drug-likeness (QED) is 0.749. The van der Waals surface area contributed by atoms with Crippen LogP contribution >= 0.6 is 0 Å². The zero-order valence-electron chi connectivity index (χ0n) is 9.95. The van der Waals surface area contributed by atoms with Crippen molar-refractivity contribution in [1.29, 1.82) is 0 Å². The third kappa shape index (κ3) is 4.34. The molecule has 0 bridgehead atoms. The van der Waals surface area contributed by atoms with E-state index in [1.54, 1.807) is 7.11 Å². The Morgan fingerprint density at radius 2 is 2.19 bits per heavy atom. The number of anilines is 1. The van der Waals surface area contributed by atoms with Crippen LogP contribution in [0.2, 0.25) is 0 Å². The molecule has 0 spiro atoms. The van der Waals surface area contributed by atoms with E-state index in [1.165, 1.54) is 0 Å². The van der Waals surface area contributed by atoms with Crippen molar-refractivity contribution in [3.8, 4) is 5.75 Å². The molecular weight excluding hydrogens is 202 g/mol. The predicted molar refractivity (Wildman–Crippen MR) is 65.8 cm³/mol. The van der Waals surface area contributed by atoms with Crippen molar-refractivity contribution in [1.82, 2.24) is 0 Å². The molecule has 0 fully saturated rings. The van der Waals surface area contributed by atoms with Crippen molar-refractivity contribution < 1.29 is 9.53 Å². The molecule has 0 heterocycles. The number of methoxy groups -OCH3 is 1. The Kier molecular flexibility index (Phi) is 5.40. The van der Waals surface area contributed by atoms with E-state index >= 15 is 0 Å². The first kappa shape index (κ1) is 12.6. The van der Waals surface area contributed by atoms with Crippen molar-refractivity contribution in [3.63, 3.8) is 0 Å². The van der Waals surface area contributed by atoms with Crippen LogP contribution in [0.1, 0.15) is 32.6 Å². The van der Waals surface area contributed by atoms with Crippen LogP contribution in [0.5, 0.6) is 5.75 Å². The van der Waals surface area contributed by atoms with E-state index in [2.05, 4.69) is 12.2 Å². The summed E-state index contributed by atoms with van der Waals surface area (Å²) >= 11 is 0. The van der Waals surface area contributed by atoms with Crippen LogP contribution in [0.15, 0.2) is 24.3 Å². The summed E-state index contributed by atoms with van der Waals surface area (Å²) in [5.41, 5.74) is 0.792. The molecule has 1 aromatic rings. The van der Waals surface area contributed by atoms with Crippen LogP contribution < -0.4 is 10.1 Å². The minimum atomic E-state index is 0.0710. The Morgan fingerprint density at radius 1 is 1.38 bits per heavy atom. The normalized spacial score (nSPS) is 9.88. The average Bonchev–Trinajstić information content (AvgIpc) is 2.29. The molecule has 0 aliphatic heterocycles. The molecule has 3 heteroatoms. The molecular formula is C13H19NO2. The van der Waals surface area contributed by atoms with Gasteiger partial charge in [-0.25, -0.2) is 0 Å². The molecule has 0 aromatic heterocycles. The zero-order chi connectivity index (χ0) is 11.8. The van der Waals surface area contributed by atoms with Gasteiger partial charge >= 0.3 is 0 Å². The first-order chi connectivity index (χ1) is 7.76. The summed E-state index contributed by atoms with van der Waals surface area (Å²) in [6.45, 7) is 2.12. The summed E-state index contributed by atoms with van der Waals surface area (Å²) in [6, 6.07) is 7.39. The highest BCUT2D eigenvalue weighted by Crippen LogP contribution is 2.17. The molecule has 1 amide bonds. The third-order valence-electron chi connectivity index (χ3n) is 2.36. The van der Waals surface area contributed by atoms with Crippen LogP contribution in [0.4, 0.5) is 5.69 Å². The highest BCUT2D eigenvalue weighted by molar-refractivity contribution is 5.90. The molecule has 3 nitrogen and oxygen atoms in total. The highest BCUT2D eigenvalue weighted by atomic mass is 16.5. The maximum atomic E-state index is 11.5. The molecule has 16 heavy (non-hydrogen) atoms. The van der Waals surface area contributed by atoms with Gasteiger partial charge in [-0.1, -0.05) is 25.8 Å². The number of benzene rings is 1. The molecule has 1 rings (SSSR count). The Morgan fingerprint density at radius 3 is 2.88 bits per heavy atom. The minimum Gasteiger partial charge on any atom is -0.497 e. The van der Waals surface area contributed by atoms with Crippen LogP contribution in [0.3, 0.4) is 0 Å². The molecule has 0 aliphatic carbocycles. The number of unbranched alkanes of at least 4 members (excludes halogenated alkanes) is 2. The van der Waals surface area contributed by atoms with E-state index in [9.17, 15) is 4.79 Å². The van der Waals surface area contributed by atoms with Gasteiger partial charge in [-0.2, -0.15) is 0 Å². The second kappa shape index (κ2) is 6.88. The lowest BCUT2D eigenvalue weighted by atomic mass is 10.2.